The summed E-state index contributed by atoms with van der Waals surface area (Å²) in [5.41, 5.74) is 2.18. The number of hydrogen-bond acceptors (Lipinski definition) is 4. The lowest BCUT2D eigenvalue weighted by Crippen LogP contribution is -2.17. The largest absolute Gasteiger partial charge is 0.573 e. The monoisotopic (exact) mass is 405 g/mol. The topological polar surface area (TPSA) is 77.2 Å². The van der Waals surface area contributed by atoms with Crippen LogP contribution in [-0.2, 0) is 11.2 Å². The number of carboxylic acids is 1. The summed E-state index contributed by atoms with van der Waals surface area (Å²) in [4.78, 5) is 15.4. The molecular weight excluding hydrogens is 387 g/mol. The number of hydrogen-bond donors (Lipinski definition) is 1. The zero-order valence-corrected chi connectivity index (χ0v) is 15.4. The molecule has 0 amide bonds. The maximum atomic E-state index is 12.2. The minimum atomic E-state index is -4.74. The molecule has 1 unspecified atom stereocenters. The van der Waals surface area contributed by atoms with Gasteiger partial charge in [0.25, 0.3) is 0 Å². The van der Waals surface area contributed by atoms with Gasteiger partial charge >= 0.3 is 12.3 Å². The van der Waals surface area contributed by atoms with Crippen molar-refractivity contribution in [3.8, 4) is 22.8 Å². The molecule has 6 nitrogen and oxygen atoms in total. The van der Waals surface area contributed by atoms with Crippen molar-refractivity contribution in [2.24, 2.45) is 5.92 Å². The fraction of sp³-hybridized carbons (Fsp3) is 0.250. The van der Waals surface area contributed by atoms with E-state index in [0.29, 0.717) is 24.4 Å². The number of aliphatic carboxylic acids is 1. The lowest BCUT2D eigenvalue weighted by Gasteiger charge is -2.09. The molecule has 152 valence electrons. The van der Waals surface area contributed by atoms with E-state index in [1.165, 1.54) is 35.3 Å². The Morgan fingerprint density at radius 1 is 1.14 bits per heavy atom. The first-order valence-corrected chi connectivity index (χ1v) is 8.85. The van der Waals surface area contributed by atoms with E-state index in [4.69, 9.17) is 5.11 Å². The molecule has 29 heavy (non-hydrogen) atoms. The van der Waals surface area contributed by atoms with Crippen LogP contribution in [0.1, 0.15) is 18.9 Å². The van der Waals surface area contributed by atoms with Gasteiger partial charge in [0.05, 0.1) is 11.6 Å². The number of alkyl halides is 3. The molecule has 1 aromatic heterocycles. The van der Waals surface area contributed by atoms with Gasteiger partial charge in [0, 0.05) is 5.56 Å². The Hall–Kier alpha value is -3.36. The number of ether oxygens (including phenoxy) is 1. The van der Waals surface area contributed by atoms with Crippen LogP contribution in [0.4, 0.5) is 13.2 Å². The third kappa shape index (κ3) is 5.34. The third-order valence-electron chi connectivity index (χ3n) is 4.36. The summed E-state index contributed by atoms with van der Waals surface area (Å²) >= 11 is 0. The second-order valence-electron chi connectivity index (χ2n) is 6.40. The molecule has 1 N–H and O–H groups in total. The number of rotatable bonds is 7. The Balaban J connectivity index is 1.72. The standard InChI is InChI=1S/C20H18F3N3O3/c1-2-14(19(27)28)11-13-3-5-15(6-4-13)18-24-12-26(25-18)16-7-9-17(10-8-16)29-20(21,22)23/h3-10,12,14H,2,11H2,1H3,(H,27,28). The SMILES string of the molecule is CCC(Cc1ccc(-c2ncn(-c3ccc(OC(F)(F)F)cc3)n2)cc1)C(=O)O. The van der Waals surface area contributed by atoms with Gasteiger partial charge in [-0.1, -0.05) is 31.2 Å². The minimum Gasteiger partial charge on any atom is -0.481 e. The Kier molecular flexibility index (Phi) is 5.86. The molecule has 0 saturated heterocycles. The molecule has 0 radical (unpaired) electrons. The van der Waals surface area contributed by atoms with Crippen molar-refractivity contribution in [1.29, 1.82) is 0 Å². The molecule has 0 aliphatic heterocycles. The van der Waals surface area contributed by atoms with E-state index in [0.717, 1.165) is 11.1 Å². The number of benzene rings is 2. The van der Waals surface area contributed by atoms with Gasteiger partial charge in [-0.2, -0.15) is 0 Å². The summed E-state index contributed by atoms with van der Waals surface area (Å²) in [5.74, 6) is -1.12. The number of carbonyl (C=O) groups is 1. The number of aromatic nitrogens is 3. The quantitative estimate of drug-likeness (QED) is 0.627. The second-order valence-corrected chi connectivity index (χ2v) is 6.40. The Bertz CT molecular complexity index is 967. The summed E-state index contributed by atoms with van der Waals surface area (Å²) < 4.78 is 42.0. The first kappa shape index (κ1) is 20.4. The lowest BCUT2D eigenvalue weighted by molar-refractivity contribution is -0.274. The molecule has 0 aliphatic carbocycles. The smallest absolute Gasteiger partial charge is 0.481 e. The van der Waals surface area contributed by atoms with Crippen molar-refractivity contribution in [1.82, 2.24) is 14.8 Å². The van der Waals surface area contributed by atoms with Gasteiger partial charge in [-0.25, -0.2) is 9.67 Å². The fourth-order valence-electron chi connectivity index (χ4n) is 2.80. The summed E-state index contributed by atoms with van der Waals surface area (Å²) in [7, 11) is 0. The van der Waals surface area contributed by atoms with E-state index in [-0.39, 0.29) is 5.75 Å². The van der Waals surface area contributed by atoms with Crippen molar-refractivity contribution in [2.75, 3.05) is 0 Å². The van der Waals surface area contributed by atoms with Crippen LogP contribution < -0.4 is 4.74 Å². The normalized spacial score (nSPS) is 12.6. The van der Waals surface area contributed by atoms with Crippen LogP contribution >= 0.6 is 0 Å². The van der Waals surface area contributed by atoms with E-state index >= 15 is 0 Å². The van der Waals surface area contributed by atoms with Crippen molar-refractivity contribution < 1.29 is 27.8 Å². The molecule has 0 aliphatic rings. The maximum Gasteiger partial charge on any atom is 0.573 e. The predicted octanol–water partition coefficient (Wildman–Crippen LogP) is 4.49. The van der Waals surface area contributed by atoms with E-state index < -0.39 is 18.2 Å². The molecule has 1 atom stereocenters. The first-order valence-electron chi connectivity index (χ1n) is 8.85. The van der Waals surface area contributed by atoms with E-state index in [9.17, 15) is 18.0 Å². The Labute approximate surface area is 164 Å². The van der Waals surface area contributed by atoms with Crippen LogP contribution in [0.3, 0.4) is 0 Å². The molecule has 0 spiro atoms. The van der Waals surface area contributed by atoms with E-state index in [1.54, 1.807) is 0 Å². The van der Waals surface area contributed by atoms with Gasteiger partial charge in [-0.05, 0) is 42.7 Å². The predicted molar refractivity (Wildman–Crippen MR) is 98.6 cm³/mol. The summed E-state index contributed by atoms with van der Waals surface area (Å²) in [6.45, 7) is 1.84. The summed E-state index contributed by atoms with van der Waals surface area (Å²) in [5, 5.41) is 13.5. The molecule has 0 saturated carbocycles. The van der Waals surface area contributed by atoms with Crippen LogP contribution in [-0.4, -0.2) is 32.2 Å². The molecule has 0 bridgehead atoms. The average molecular weight is 405 g/mol. The van der Waals surface area contributed by atoms with Gasteiger partial charge in [0.15, 0.2) is 5.82 Å². The molecule has 2 aromatic carbocycles. The summed E-state index contributed by atoms with van der Waals surface area (Å²) in [6, 6.07) is 12.6. The number of nitrogens with zero attached hydrogens (tertiary/aromatic N) is 3. The van der Waals surface area contributed by atoms with Crippen LogP contribution in [0.2, 0.25) is 0 Å². The zero-order valence-electron chi connectivity index (χ0n) is 15.4. The minimum absolute atomic E-state index is 0.316. The van der Waals surface area contributed by atoms with Crippen LogP contribution in [0.5, 0.6) is 5.75 Å². The van der Waals surface area contributed by atoms with Crippen molar-refractivity contribution in [3.05, 3.63) is 60.4 Å². The van der Waals surface area contributed by atoms with Gasteiger partial charge in [0.2, 0.25) is 0 Å². The highest BCUT2D eigenvalue weighted by atomic mass is 19.4. The lowest BCUT2D eigenvalue weighted by atomic mass is 9.96. The highest BCUT2D eigenvalue weighted by molar-refractivity contribution is 5.70. The van der Waals surface area contributed by atoms with E-state index in [2.05, 4.69) is 14.8 Å². The van der Waals surface area contributed by atoms with Gasteiger partial charge in [-0.15, -0.1) is 18.3 Å². The highest BCUT2D eigenvalue weighted by Crippen LogP contribution is 2.24. The second kappa shape index (κ2) is 8.34. The molecule has 0 fully saturated rings. The molecule has 9 heteroatoms. The Morgan fingerprint density at radius 2 is 1.79 bits per heavy atom. The zero-order chi connectivity index (χ0) is 21.0. The number of halogens is 3. The van der Waals surface area contributed by atoms with Crippen molar-refractivity contribution in [2.45, 2.75) is 26.1 Å². The highest BCUT2D eigenvalue weighted by Gasteiger charge is 2.31. The Morgan fingerprint density at radius 3 is 2.34 bits per heavy atom. The first-order chi connectivity index (χ1) is 13.7. The van der Waals surface area contributed by atoms with Crippen LogP contribution in [0.25, 0.3) is 17.1 Å². The average Bonchev–Trinajstić information content (AvgIpc) is 3.16. The fourth-order valence-corrected chi connectivity index (χ4v) is 2.80. The maximum absolute atomic E-state index is 12.2. The molecular formula is C20H18F3N3O3. The summed E-state index contributed by atoms with van der Waals surface area (Å²) in [6.07, 6.45) is -2.29. The van der Waals surface area contributed by atoms with Crippen molar-refractivity contribution >= 4 is 5.97 Å². The third-order valence-corrected chi connectivity index (χ3v) is 4.36. The number of carboxylic acid groups (broad SMARTS) is 1. The molecule has 3 aromatic rings. The molecule has 1 heterocycles. The van der Waals surface area contributed by atoms with Crippen LogP contribution in [0, 0.1) is 5.92 Å². The van der Waals surface area contributed by atoms with E-state index in [1.807, 2.05) is 31.2 Å². The van der Waals surface area contributed by atoms with Gasteiger partial charge < -0.3 is 9.84 Å². The van der Waals surface area contributed by atoms with Gasteiger partial charge in [0.1, 0.15) is 12.1 Å². The van der Waals surface area contributed by atoms with Crippen molar-refractivity contribution in [3.63, 3.8) is 0 Å². The van der Waals surface area contributed by atoms with Crippen LogP contribution in [0.15, 0.2) is 54.9 Å². The van der Waals surface area contributed by atoms with Gasteiger partial charge in [-0.3, -0.25) is 4.79 Å². The molecule has 3 rings (SSSR count).